The average molecular weight is 322 g/mol. The number of benzene rings is 2. The van der Waals surface area contributed by atoms with Crippen LogP contribution in [0.5, 0.6) is 0 Å². The number of aryl methyl sites for hydroxylation is 1. The molecule has 0 spiro atoms. The van der Waals surface area contributed by atoms with Crippen molar-refractivity contribution in [2.24, 2.45) is 0 Å². The number of carbonyl (C=O) groups excluding carboxylic acids is 2. The summed E-state index contributed by atoms with van der Waals surface area (Å²) in [6, 6.07) is 15.6. The molecule has 0 saturated carbocycles. The summed E-state index contributed by atoms with van der Waals surface area (Å²) in [5, 5.41) is 2.94. The monoisotopic (exact) mass is 322 g/mol. The SMILES string of the molecule is Cc1ccc(CNC(=O)c2cccc(CN3CCCC3=O)c2)cc1. The Morgan fingerprint density at radius 1 is 1.12 bits per heavy atom. The van der Waals surface area contributed by atoms with Gasteiger partial charge in [0, 0.05) is 31.6 Å². The summed E-state index contributed by atoms with van der Waals surface area (Å²) in [5.74, 6) is 0.106. The van der Waals surface area contributed by atoms with Crippen LogP contribution >= 0.6 is 0 Å². The molecule has 0 radical (unpaired) electrons. The molecule has 1 aliphatic heterocycles. The van der Waals surface area contributed by atoms with E-state index in [9.17, 15) is 9.59 Å². The van der Waals surface area contributed by atoms with Crippen LogP contribution < -0.4 is 5.32 Å². The Morgan fingerprint density at radius 3 is 2.62 bits per heavy atom. The summed E-state index contributed by atoms with van der Waals surface area (Å²) in [6.07, 6.45) is 1.56. The molecule has 124 valence electrons. The molecule has 4 nitrogen and oxygen atoms in total. The largest absolute Gasteiger partial charge is 0.348 e. The minimum atomic E-state index is -0.0924. The molecule has 3 rings (SSSR count). The van der Waals surface area contributed by atoms with Crippen LogP contribution in [0.15, 0.2) is 48.5 Å². The molecule has 4 heteroatoms. The van der Waals surface area contributed by atoms with Gasteiger partial charge in [0.2, 0.25) is 5.91 Å². The van der Waals surface area contributed by atoms with E-state index in [1.807, 2.05) is 54.3 Å². The normalized spacial score (nSPS) is 14.0. The van der Waals surface area contributed by atoms with Crippen LogP contribution in [0.1, 0.15) is 39.9 Å². The summed E-state index contributed by atoms with van der Waals surface area (Å²) in [5.41, 5.74) is 3.90. The van der Waals surface area contributed by atoms with E-state index in [1.165, 1.54) is 5.56 Å². The lowest BCUT2D eigenvalue weighted by Crippen LogP contribution is -2.25. The second-order valence-corrected chi connectivity index (χ2v) is 6.29. The van der Waals surface area contributed by atoms with E-state index in [2.05, 4.69) is 5.32 Å². The fourth-order valence-electron chi connectivity index (χ4n) is 2.89. The fraction of sp³-hybridized carbons (Fsp3) is 0.300. The van der Waals surface area contributed by atoms with Gasteiger partial charge in [-0.05, 0) is 36.6 Å². The van der Waals surface area contributed by atoms with Crippen molar-refractivity contribution in [3.05, 3.63) is 70.8 Å². The molecular formula is C20H22N2O2. The van der Waals surface area contributed by atoms with Gasteiger partial charge in [0.25, 0.3) is 5.91 Å². The Bertz CT molecular complexity index is 738. The van der Waals surface area contributed by atoms with Crippen molar-refractivity contribution in [1.29, 1.82) is 0 Å². The van der Waals surface area contributed by atoms with E-state index in [-0.39, 0.29) is 11.8 Å². The van der Waals surface area contributed by atoms with E-state index in [1.54, 1.807) is 6.07 Å². The molecule has 0 bridgehead atoms. The first-order chi connectivity index (χ1) is 11.6. The molecule has 2 amide bonds. The number of likely N-dealkylation sites (tertiary alicyclic amines) is 1. The average Bonchev–Trinajstić information content (AvgIpc) is 2.99. The molecule has 0 aromatic heterocycles. The minimum Gasteiger partial charge on any atom is -0.348 e. The predicted molar refractivity (Wildman–Crippen MR) is 93.4 cm³/mol. The highest BCUT2D eigenvalue weighted by molar-refractivity contribution is 5.94. The first-order valence-corrected chi connectivity index (χ1v) is 8.32. The molecule has 24 heavy (non-hydrogen) atoms. The topological polar surface area (TPSA) is 49.4 Å². The third-order valence-corrected chi connectivity index (χ3v) is 4.31. The Hall–Kier alpha value is -2.62. The number of hydrogen-bond donors (Lipinski definition) is 1. The van der Waals surface area contributed by atoms with Crippen molar-refractivity contribution >= 4 is 11.8 Å². The van der Waals surface area contributed by atoms with Gasteiger partial charge in [0.15, 0.2) is 0 Å². The first kappa shape index (κ1) is 16.2. The Labute approximate surface area is 142 Å². The molecule has 1 saturated heterocycles. The minimum absolute atomic E-state index is 0.0924. The van der Waals surface area contributed by atoms with Gasteiger partial charge in [-0.15, -0.1) is 0 Å². The molecule has 0 unspecified atom stereocenters. The predicted octanol–water partition coefficient (Wildman–Crippen LogP) is 3.05. The molecule has 0 atom stereocenters. The number of carbonyl (C=O) groups is 2. The van der Waals surface area contributed by atoms with E-state index >= 15 is 0 Å². The van der Waals surface area contributed by atoms with Crippen molar-refractivity contribution in [2.75, 3.05) is 6.54 Å². The van der Waals surface area contributed by atoms with Gasteiger partial charge < -0.3 is 10.2 Å². The van der Waals surface area contributed by atoms with E-state index in [4.69, 9.17) is 0 Å². The van der Waals surface area contributed by atoms with Crippen molar-refractivity contribution in [1.82, 2.24) is 10.2 Å². The van der Waals surface area contributed by atoms with Gasteiger partial charge in [0.1, 0.15) is 0 Å². The first-order valence-electron chi connectivity index (χ1n) is 8.32. The van der Waals surface area contributed by atoms with Crippen molar-refractivity contribution < 1.29 is 9.59 Å². The van der Waals surface area contributed by atoms with Crippen molar-refractivity contribution in [2.45, 2.75) is 32.9 Å². The third kappa shape index (κ3) is 4.02. The van der Waals surface area contributed by atoms with Crippen LogP contribution in [0.3, 0.4) is 0 Å². The highest BCUT2D eigenvalue weighted by Gasteiger charge is 2.20. The Morgan fingerprint density at radius 2 is 1.92 bits per heavy atom. The summed E-state index contributed by atoms with van der Waals surface area (Å²) in [7, 11) is 0. The molecule has 2 aromatic rings. The lowest BCUT2D eigenvalue weighted by Gasteiger charge is -2.16. The second-order valence-electron chi connectivity index (χ2n) is 6.29. The zero-order chi connectivity index (χ0) is 16.9. The number of rotatable bonds is 5. The van der Waals surface area contributed by atoms with Crippen LogP contribution in [0.4, 0.5) is 0 Å². The maximum absolute atomic E-state index is 12.3. The van der Waals surface area contributed by atoms with Crippen molar-refractivity contribution in [3.63, 3.8) is 0 Å². The van der Waals surface area contributed by atoms with Crippen LogP contribution in [-0.2, 0) is 17.9 Å². The maximum atomic E-state index is 12.3. The molecule has 2 aromatic carbocycles. The standard InChI is InChI=1S/C20H22N2O2/c1-15-7-9-16(10-8-15)13-21-20(24)18-5-2-4-17(12-18)14-22-11-3-6-19(22)23/h2,4-5,7-10,12H,3,6,11,13-14H2,1H3,(H,21,24). The van der Waals surface area contributed by atoms with Crippen LogP contribution in [0.25, 0.3) is 0 Å². The zero-order valence-corrected chi connectivity index (χ0v) is 13.9. The summed E-state index contributed by atoms with van der Waals surface area (Å²) in [4.78, 5) is 25.9. The smallest absolute Gasteiger partial charge is 0.251 e. The quantitative estimate of drug-likeness (QED) is 0.920. The van der Waals surface area contributed by atoms with Gasteiger partial charge in [-0.25, -0.2) is 0 Å². The molecule has 1 N–H and O–H groups in total. The van der Waals surface area contributed by atoms with Crippen molar-refractivity contribution in [3.8, 4) is 0 Å². The Kier molecular flexibility index (Phi) is 4.94. The number of nitrogens with one attached hydrogen (secondary N) is 1. The van der Waals surface area contributed by atoms with Gasteiger partial charge >= 0.3 is 0 Å². The number of nitrogens with zero attached hydrogens (tertiary/aromatic N) is 1. The summed E-state index contributed by atoms with van der Waals surface area (Å²) < 4.78 is 0. The number of amides is 2. The lowest BCUT2D eigenvalue weighted by molar-refractivity contribution is -0.128. The third-order valence-electron chi connectivity index (χ3n) is 4.31. The number of hydrogen-bond acceptors (Lipinski definition) is 2. The highest BCUT2D eigenvalue weighted by Crippen LogP contribution is 2.15. The van der Waals surface area contributed by atoms with E-state index < -0.39 is 0 Å². The molecule has 1 heterocycles. The van der Waals surface area contributed by atoms with Gasteiger partial charge in [-0.2, -0.15) is 0 Å². The van der Waals surface area contributed by atoms with Crippen LogP contribution in [0, 0.1) is 6.92 Å². The Balaban J connectivity index is 1.61. The van der Waals surface area contributed by atoms with E-state index in [0.717, 1.165) is 24.1 Å². The molecule has 1 fully saturated rings. The van der Waals surface area contributed by atoms with Gasteiger partial charge in [-0.1, -0.05) is 42.0 Å². The summed E-state index contributed by atoms with van der Waals surface area (Å²) >= 11 is 0. The second kappa shape index (κ2) is 7.30. The highest BCUT2D eigenvalue weighted by atomic mass is 16.2. The summed E-state index contributed by atoms with van der Waals surface area (Å²) in [6.45, 7) is 3.94. The molecular weight excluding hydrogens is 300 g/mol. The van der Waals surface area contributed by atoms with Crippen LogP contribution in [0.2, 0.25) is 0 Å². The molecule has 0 aliphatic carbocycles. The lowest BCUT2D eigenvalue weighted by atomic mass is 10.1. The maximum Gasteiger partial charge on any atom is 0.251 e. The van der Waals surface area contributed by atoms with E-state index in [0.29, 0.717) is 25.1 Å². The van der Waals surface area contributed by atoms with Gasteiger partial charge in [-0.3, -0.25) is 9.59 Å². The molecule has 1 aliphatic rings. The van der Waals surface area contributed by atoms with Gasteiger partial charge in [0.05, 0.1) is 0 Å². The van der Waals surface area contributed by atoms with Crippen LogP contribution in [-0.4, -0.2) is 23.3 Å². The zero-order valence-electron chi connectivity index (χ0n) is 13.9. The fourth-order valence-corrected chi connectivity index (χ4v) is 2.89.